The number of nitrogens with zero attached hydrogens (tertiary/aromatic N) is 2. The lowest BCUT2D eigenvalue weighted by atomic mass is 9.92. The van der Waals surface area contributed by atoms with E-state index in [4.69, 9.17) is 5.73 Å². The number of primary amides is 1. The first-order valence-corrected chi connectivity index (χ1v) is 11.1. The average Bonchev–Trinajstić information content (AvgIpc) is 3.49. The number of hydrogen-bond donors (Lipinski definition) is 2. The molecule has 3 aliphatic rings. The number of likely N-dealkylation sites (tertiary alicyclic amines) is 1. The van der Waals surface area contributed by atoms with E-state index in [0.29, 0.717) is 32.0 Å². The molecule has 7 nitrogen and oxygen atoms in total. The van der Waals surface area contributed by atoms with Crippen molar-refractivity contribution in [2.75, 3.05) is 26.2 Å². The maximum Gasteiger partial charge on any atom is 0.245 e. The number of amides is 3. The first kappa shape index (κ1) is 21.1. The second-order valence-electron chi connectivity index (χ2n) is 8.81. The van der Waals surface area contributed by atoms with Crippen molar-refractivity contribution in [3.8, 4) is 0 Å². The lowest BCUT2D eigenvalue weighted by Crippen LogP contribution is -2.61. The SMILES string of the molecule is CCCC[C@@H](C(=O)N1CCC(CC(N)=O)CC1)N1CCN[C@@H](CC2CC2)C1=O. The van der Waals surface area contributed by atoms with E-state index in [1.165, 1.54) is 12.8 Å². The van der Waals surface area contributed by atoms with Gasteiger partial charge in [-0.25, -0.2) is 0 Å². The number of unbranched alkanes of at least 4 members (excludes halogenated alkanes) is 1. The summed E-state index contributed by atoms with van der Waals surface area (Å²) in [6.07, 6.45) is 8.08. The maximum atomic E-state index is 13.3. The fourth-order valence-corrected chi connectivity index (χ4v) is 4.60. The fourth-order valence-electron chi connectivity index (χ4n) is 4.60. The Hall–Kier alpha value is -1.63. The van der Waals surface area contributed by atoms with Gasteiger partial charge >= 0.3 is 0 Å². The molecule has 0 aromatic heterocycles. The lowest BCUT2D eigenvalue weighted by Gasteiger charge is -2.41. The van der Waals surface area contributed by atoms with Crippen LogP contribution in [0.3, 0.4) is 0 Å². The van der Waals surface area contributed by atoms with Crippen molar-refractivity contribution in [2.24, 2.45) is 17.6 Å². The molecule has 1 aliphatic carbocycles. The molecule has 1 saturated carbocycles. The van der Waals surface area contributed by atoms with Crippen LogP contribution < -0.4 is 11.1 Å². The highest BCUT2D eigenvalue weighted by Crippen LogP contribution is 2.34. The summed E-state index contributed by atoms with van der Waals surface area (Å²) in [6, 6.07) is -0.469. The lowest BCUT2D eigenvalue weighted by molar-refractivity contribution is -0.150. The van der Waals surface area contributed by atoms with Crippen molar-refractivity contribution in [2.45, 2.75) is 76.8 Å². The number of carbonyl (C=O) groups excluding carboxylic acids is 3. The molecule has 0 radical (unpaired) electrons. The molecular formula is C21H36N4O3. The van der Waals surface area contributed by atoms with Crippen molar-refractivity contribution in [3.05, 3.63) is 0 Å². The summed E-state index contributed by atoms with van der Waals surface area (Å²) in [5.41, 5.74) is 5.32. The molecule has 0 unspecified atom stereocenters. The molecule has 28 heavy (non-hydrogen) atoms. The van der Waals surface area contributed by atoms with Gasteiger partial charge in [0.25, 0.3) is 0 Å². The second kappa shape index (κ2) is 9.72. The molecule has 0 aromatic carbocycles. The summed E-state index contributed by atoms with van der Waals surface area (Å²) in [4.78, 5) is 41.4. The van der Waals surface area contributed by atoms with Gasteiger partial charge in [-0.3, -0.25) is 14.4 Å². The Kier molecular flexibility index (Phi) is 7.32. The Morgan fingerprint density at radius 3 is 2.46 bits per heavy atom. The molecule has 3 rings (SSSR count). The third-order valence-electron chi connectivity index (χ3n) is 6.50. The zero-order chi connectivity index (χ0) is 20.1. The van der Waals surface area contributed by atoms with E-state index in [2.05, 4.69) is 12.2 Å². The molecule has 0 aromatic rings. The molecule has 0 bridgehead atoms. The van der Waals surface area contributed by atoms with Gasteiger partial charge < -0.3 is 20.9 Å². The van der Waals surface area contributed by atoms with Gasteiger partial charge in [-0.2, -0.15) is 0 Å². The number of nitrogens with one attached hydrogen (secondary N) is 1. The van der Waals surface area contributed by atoms with Gasteiger partial charge in [0.1, 0.15) is 6.04 Å². The van der Waals surface area contributed by atoms with Gasteiger partial charge in [0.2, 0.25) is 17.7 Å². The van der Waals surface area contributed by atoms with Crippen molar-refractivity contribution in [1.29, 1.82) is 0 Å². The van der Waals surface area contributed by atoms with Gasteiger partial charge in [0.05, 0.1) is 6.04 Å². The Balaban J connectivity index is 1.62. The second-order valence-corrected chi connectivity index (χ2v) is 8.81. The van der Waals surface area contributed by atoms with Crippen LogP contribution in [0.2, 0.25) is 0 Å². The van der Waals surface area contributed by atoms with E-state index in [1.807, 2.05) is 9.80 Å². The van der Waals surface area contributed by atoms with Crippen molar-refractivity contribution in [3.63, 3.8) is 0 Å². The number of hydrogen-bond acceptors (Lipinski definition) is 4. The van der Waals surface area contributed by atoms with Crippen LogP contribution in [0.15, 0.2) is 0 Å². The topological polar surface area (TPSA) is 95.7 Å². The molecule has 3 amide bonds. The summed E-state index contributed by atoms with van der Waals surface area (Å²) < 4.78 is 0. The molecule has 0 spiro atoms. The Morgan fingerprint density at radius 2 is 1.86 bits per heavy atom. The molecule has 2 heterocycles. The van der Waals surface area contributed by atoms with Crippen LogP contribution in [-0.4, -0.2) is 65.8 Å². The van der Waals surface area contributed by atoms with Crippen molar-refractivity contribution < 1.29 is 14.4 Å². The van der Waals surface area contributed by atoms with Gasteiger partial charge in [-0.1, -0.05) is 32.6 Å². The normalized spacial score (nSPS) is 25.0. The number of nitrogens with two attached hydrogens (primary N) is 1. The first-order chi connectivity index (χ1) is 13.5. The van der Waals surface area contributed by atoms with E-state index in [1.54, 1.807) is 0 Å². The van der Waals surface area contributed by atoms with Gasteiger partial charge in [0, 0.05) is 32.6 Å². The van der Waals surface area contributed by atoms with E-state index in [0.717, 1.165) is 45.1 Å². The molecule has 158 valence electrons. The minimum atomic E-state index is -0.344. The third-order valence-corrected chi connectivity index (χ3v) is 6.50. The summed E-state index contributed by atoms with van der Waals surface area (Å²) in [5, 5.41) is 3.36. The Bertz CT molecular complexity index is 570. The zero-order valence-corrected chi connectivity index (χ0v) is 17.2. The predicted octanol–water partition coefficient (Wildman–Crippen LogP) is 1.26. The zero-order valence-electron chi connectivity index (χ0n) is 17.2. The summed E-state index contributed by atoms with van der Waals surface area (Å²) in [5.74, 6) is 0.885. The molecule has 2 saturated heterocycles. The molecule has 3 N–H and O–H groups in total. The van der Waals surface area contributed by atoms with Gasteiger partial charge in [-0.05, 0) is 37.5 Å². The average molecular weight is 393 g/mol. The fraction of sp³-hybridized carbons (Fsp3) is 0.857. The van der Waals surface area contributed by atoms with E-state index in [-0.39, 0.29) is 35.7 Å². The monoisotopic (exact) mass is 392 g/mol. The molecule has 2 atom stereocenters. The number of carbonyl (C=O) groups is 3. The van der Waals surface area contributed by atoms with Crippen LogP contribution in [0, 0.1) is 11.8 Å². The minimum Gasteiger partial charge on any atom is -0.370 e. The smallest absolute Gasteiger partial charge is 0.245 e. The van der Waals surface area contributed by atoms with Gasteiger partial charge in [-0.15, -0.1) is 0 Å². The summed E-state index contributed by atoms with van der Waals surface area (Å²) in [6.45, 7) is 4.81. The summed E-state index contributed by atoms with van der Waals surface area (Å²) >= 11 is 0. The number of piperidine rings is 1. The van der Waals surface area contributed by atoms with E-state index < -0.39 is 0 Å². The first-order valence-electron chi connectivity index (χ1n) is 11.1. The highest BCUT2D eigenvalue weighted by Gasteiger charge is 2.40. The summed E-state index contributed by atoms with van der Waals surface area (Å²) in [7, 11) is 0. The van der Waals surface area contributed by atoms with Crippen LogP contribution in [0.4, 0.5) is 0 Å². The molecule has 3 fully saturated rings. The van der Waals surface area contributed by atoms with Crippen LogP contribution in [0.1, 0.15) is 64.7 Å². The highest BCUT2D eigenvalue weighted by molar-refractivity contribution is 5.90. The van der Waals surface area contributed by atoms with Crippen LogP contribution >= 0.6 is 0 Å². The van der Waals surface area contributed by atoms with Gasteiger partial charge in [0.15, 0.2) is 0 Å². The Morgan fingerprint density at radius 1 is 1.14 bits per heavy atom. The largest absolute Gasteiger partial charge is 0.370 e. The standard InChI is InChI=1S/C21H36N4O3/c1-2-3-4-18(21(28)24-10-7-16(8-11-24)14-19(22)26)25-12-9-23-17(20(25)27)13-15-5-6-15/h15-18,23H,2-14H2,1H3,(H2,22,26)/t17-,18-/m0/s1. The minimum absolute atomic E-state index is 0.0893. The van der Waals surface area contributed by atoms with E-state index >= 15 is 0 Å². The maximum absolute atomic E-state index is 13.3. The van der Waals surface area contributed by atoms with Crippen molar-refractivity contribution in [1.82, 2.24) is 15.1 Å². The molecule has 7 heteroatoms. The predicted molar refractivity (Wildman–Crippen MR) is 107 cm³/mol. The van der Waals surface area contributed by atoms with Crippen LogP contribution in [0.25, 0.3) is 0 Å². The molecular weight excluding hydrogens is 356 g/mol. The molecule has 2 aliphatic heterocycles. The van der Waals surface area contributed by atoms with Crippen molar-refractivity contribution >= 4 is 17.7 Å². The Labute approximate surface area is 168 Å². The van der Waals surface area contributed by atoms with E-state index in [9.17, 15) is 14.4 Å². The van der Waals surface area contributed by atoms with Crippen LogP contribution in [0.5, 0.6) is 0 Å². The third kappa shape index (κ3) is 5.46. The quantitative estimate of drug-likeness (QED) is 0.617. The van der Waals surface area contributed by atoms with Crippen LogP contribution in [-0.2, 0) is 14.4 Å². The number of piperazine rings is 1. The highest BCUT2D eigenvalue weighted by atomic mass is 16.2. The number of rotatable bonds is 9.